The Morgan fingerprint density at radius 1 is 1.47 bits per heavy atom. The van der Waals surface area contributed by atoms with Gasteiger partial charge < -0.3 is 14.5 Å². The molecular formula is C12H16N2O2S. The van der Waals surface area contributed by atoms with E-state index < -0.39 is 0 Å². The van der Waals surface area contributed by atoms with Crippen LogP contribution in [0.25, 0.3) is 0 Å². The molecule has 0 fully saturated rings. The van der Waals surface area contributed by atoms with Gasteiger partial charge in [-0.3, -0.25) is 0 Å². The van der Waals surface area contributed by atoms with Crippen LogP contribution in [0.2, 0.25) is 0 Å². The molecule has 1 N–H and O–H groups in total. The minimum atomic E-state index is 0.555. The molecule has 0 aliphatic heterocycles. The third kappa shape index (κ3) is 4.68. The smallest absolute Gasteiger partial charge is 0.129 e. The van der Waals surface area contributed by atoms with E-state index >= 15 is 0 Å². The maximum absolute atomic E-state index is 5.47. The van der Waals surface area contributed by atoms with Gasteiger partial charge in [0.25, 0.3) is 0 Å². The molecule has 0 unspecified atom stereocenters. The second-order valence-electron chi connectivity index (χ2n) is 3.59. The first-order valence-corrected chi connectivity index (χ1v) is 6.52. The first-order chi connectivity index (χ1) is 8.45. The number of furan rings is 1. The molecule has 0 saturated carbocycles. The third-order valence-electron chi connectivity index (χ3n) is 2.23. The summed E-state index contributed by atoms with van der Waals surface area (Å²) in [5.74, 6) is 0.876. The van der Waals surface area contributed by atoms with Gasteiger partial charge in [-0.25, -0.2) is 4.98 Å². The van der Waals surface area contributed by atoms with Crippen LogP contribution in [0.3, 0.4) is 0 Å². The van der Waals surface area contributed by atoms with Crippen molar-refractivity contribution >= 4 is 11.3 Å². The molecule has 0 aliphatic rings. The Balaban J connectivity index is 1.44. The molecule has 2 heterocycles. The molecule has 92 valence electrons. The van der Waals surface area contributed by atoms with Crippen LogP contribution in [0.5, 0.6) is 0 Å². The lowest BCUT2D eigenvalue weighted by Crippen LogP contribution is -2.16. The number of hydrogen-bond donors (Lipinski definition) is 1. The van der Waals surface area contributed by atoms with E-state index in [1.54, 1.807) is 17.6 Å². The molecule has 0 aromatic carbocycles. The van der Waals surface area contributed by atoms with Crippen LogP contribution in [-0.4, -0.2) is 18.1 Å². The van der Waals surface area contributed by atoms with E-state index in [-0.39, 0.29) is 0 Å². The Hall–Kier alpha value is -1.17. The lowest BCUT2D eigenvalue weighted by Gasteiger charge is -2.03. The van der Waals surface area contributed by atoms with Gasteiger partial charge in [-0.05, 0) is 25.1 Å². The van der Waals surface area contributed by atoms with E-state index in [2.05, 4.69) is 10.3 Å². The normalized spacial score (nSPS) is 10.8. The Bertz CT molecular complexity index is 348. The number of aromatic nitrogens is 1. The number of thiazole rings is 1. The van der Waals surface area contributed by atoms with Crippen LogP contribution in [0.15, 0.2) is 34.4 Å². The highest BCUT2D eigenvalue weighted by Gasteiger charge is 1.96. The summed E-state index contributed by atoms with van der Waals surface area (Å²) in [6.07, 6.45) is 4.48. The van der Waals surface area contributed by atoms with E-state index in [1.165, 1.54) is 0 Å². The molecule has 0 amide bonds. The van der Waals surface area contributed by atoms with Crippen LogP contribution in [-0.2, 0) is 17.9 Å². The van der Waals surface area contributed by atoms with Gasteiger partial charge in [-0.2, -0.15) is 0 Å². The molecule has 5 heteroatoms. The number of ether oxygens (including phenoxy) is 1. The first kappa shape index (κ1) is 12.3. The number of rotatable bonds is 8. The SMILES string of the molecule is c1coc(COCCCNCc2nccs2)c1. The summed E-state index contributed by atoms with van der Waals surface area (Å²) in [5.41, 5.74) is 0. The number of hydrogen-bond acceptors (Lipinski definition) is 5. The van der Waals surface area contributed by atoms with Crippen LogP contribution in [0.4, 0.5) is 0 Å². The van der Waals surface area contributed by atoms with Crippen LogP contribution in [0, 0.1) is 0 Å². The molecule has 0 atom stereocenters. The topological polar surface area (TPSA) is 47.3 Å². The quantitative estimate of drug-likeness (QED) is 0.733. The zero-order valence-corrected chi connectivity index (χ0v) is 10.4. The highest BCUT2D eigenvalue weighted by atomic mass is 32.1. The molecule has 0 aliphatic carbocycles. The van der Waals surface area contributed by atoms with Gasteiger partial charge in [-0.15, -0.1) is 11.3 Å². The summed E-state index contributed by atoms with van der Waals surface area (Å²) in [6, 6.07) is 3.79. The van der Waals surface area contributed by atoms with Crippen molar-refractivity contribution in [2.75, 3.05) is 13.2 Å². The molecular weight excluding hydrogens is 236 g/mol. The minimum absolute atomic E-state index is 0.555. The van der Waals surface area contributed by atoms with Gasteiger partial charge in [0.2, 0.25) is 0 Å². The van der Waals surface area contributed by atoms with E-state index in [0.717, 1.165) is 36.9 Å². The van der Waals surface area contributed by atoms with Crippen molar-refractivity contribution in [2.45, 2.75) is 19.6 Å². The molecule has 4 nitrogen and oxygen atoms in total. The summed E-state index contributed by atoms with van der Waals surface area (Å²) >= 11 is 1.67. The highest BCUT2D eigenvalue weighted by Crippen LogP contribution is 2.03. The average Bonchev–Trinajstić information content (AvgIpc) is 3.00. The molecule has 0 spiro atoms. The van der Waals surface area contributed by atoms with E-state index in [4.69, 9.17) is 9.15 Å². The van der Waals surface area contributed by atoms with Crippen LogP contribution < -0.4 is 5.32 Å². The largest absolute Gasteiger partial charge is 0.467 e. The predicted molar refractivity (Wildman–Crippen MR) is 66.8 cm³/mol. The molecule has 0 saturated heterocycles. The Kier molecular flexibility index (Phi) is 5.22. The third-order valence-corrected chi connectivity index (χ3v) is 3.01. The highest BCUT2D eigenvalue weighted by molar-refractivity contribution is 7.09. The van der Waals surface area contributed by atoms with Gasteiger partial charge in [-0.1, -0.05) is 0 Å². The van der Waals surface area contributed by atoms with Crippen LogP contribution >= 0.6 is 11.3 Å². The van der Waals surface area contributed by atoms with E-state index in [1.807, 2.05) is 23.7 Å². The Morgan fingerprint density at radius 2 is 2.47 bits per heavy atom. The fourth-order valence-corrected chi connectivity index (χ4v) is 1.99. The van der Waals surface area contributed by atoms with Crippen molar-refractivity contribution in [3.63, 3.8) is 0 Å². The zero-order valence-electron chi connectivity index (χ0n) is 9.59. The van der Waals surface area contributed by atoms with E-state index in [9.17, 15) is 0 Å². The first-order valence-electron chi connectivity index (χ1n) is 5.64. The molecule has 0 bridgehead atoms. The van der Waals surface area contributed by atoms with Crippen molar-refractivity contribution in [1.29, 1.82) is 0 Å². The lowest BCUT2D eigenvalue weighted by atomic mass is 10.4. The number of nitrogens with one attached hydrogen (secondary N) is 1. The summed E-state index contributed by atoms with van der Waals surface area (Å²) in [4.78, 5) is 4.20. The van der Waals surface area contributed by atoms with Gasteiger partial charge in [0.1, 0.15) is 17.4 Å². The van der Waals surface area contributed by atoms with Gasteiger partial charge in [0.15, 0.2) is 0 Å². The average molecular weight is 252 g/mol. The Labute approximate surface area is 105 Å². The van der Waals surface area contributed by atoms with Crippen molar-refractivity contribution < 1.29 is 9.15 Å². The number of nitrogens with zero attached hydrogens (tertiary/aromatic N) is 1. The van der Waals surface area contributed by atoms with Crippen LogP contribution in [0.1, 0.15) is 17.2 Å². The molecule has 2 aromatic rings. The predicted octanol–water partition coefficient (Wildman–Crippen LogP) is 2.43. The maximum atomic E-state index is 5.47. The standard InChI is InChI=1S/C12H16N2O2S/c1-3-11(16-7-1)10-15-6-2-4-13-9-12-14-5-8-17-12/h1,3,5,7-8,13H,2,4,6,9-10H2. The molecule has 2 rings (SSSR count). The fraction of sp³-hybridized carbons (Fsp3) is 0.417. The monoisotopic (exact) mass is 252 g/mol. The molecule has 2 aromatic heterocycles. The molecule has 0 radical (unpaired) electrons. The van der Waals surface area contributed by atoms with Crippen molar-refractivity contribution in [1.82, 2.24) is 10.3 Å². The second kappa shape index (κ2) is 7.21. The van der Waals surface area contributed by atoms with Gasteiger partial charge >= 0.3 is 0 Å². The zero-order chi connectivity index (χ0) is 11.8. The van der Waals surface area contributed by atoms with Crippen molar-refractivity contribution in [2.24, 2.45) is 0 Å². The molecule has 17 heavy (non-hydrogen) atoms. The lowest BCUT2D eigenvalue weighted by molar-refractivity contribution is 0.104. The van der Waals surface area contributed by atoms with Crippen molar-refractivity contribution in [3.05, 3.63) is 40.7 Å². The summed E-state index contributed by atoms with van der Waals surface area (Å²) in [6.45, 7) is 3.08. The minimum Gasteiger partial charge on any atom is -0.467 e. The summed E-state index contributed by atoms with van der Waals surface area (Å²) < 4.78 is 10.6. The second-order valence-corrected chi connectivity index (χ2v) is 4.57. The van der Waals surface area contributed by atoms with E-state index in [0.29, 0.717) is 6.61 Å². The van der Waals surface area contributed by atoms with Gasteiger partial charge in [0.05, 0.1) is 6.26 Å². The van der Waals surface area contributed by atoms with Gasteiger partial charge in [0, 0.05) is 24.7 Å². The summed E-state index contributed by atoms with van der Waals surface area (Å²) in [5, 5.41) is 6.44. The maximum Gasteiger partial charge on any atom is 0.129 e. The van der Waals surface area contributed by atoms with Crippen molar-refractivity contribution in [3.8, 4) is 0 Å². The summed E-state index contributed by atoms with van der Waals surface area (Å²) in [7, 11) is 0. The fourth-order valence-electron chi connectivity index (χ4n) is 1.40. The Morgan fingerprint density at radius 3 is 3.24 bits per heavy atom.